The van der Waals surface area contributed by atoms with E-state index in [-0.39, 0.29) is 12.3 Å². The molecule has 2 aromatic heterocycles. The molecule has 0 aromatic carbocycles. The van der Waals surface area contributed by atoms with Gasteiger partial charge < -0.3 is 7.43 Å². The van der Waals surface area contributed by atoms with Gasteiger partial charge in [0.15, 0.2) is 0 Å². The van der Waals surface area contributed by atoms with E-state index in [1.807, 2.05) is 57.2 Å². The molecule has 2 aromatic rings. The Morgan fingerprint density at radius 2 is 1.18 bits per heavy atom. The molecule has 0 aliphatic heterocycles. The van der Waals surface area contributed by atoms with Gasteiger partial charge in [0.25, 0.3) is 0 Å². The third-order valence-electron chi connectivity index (χ3n) is 2.34. The van der Waals surface area contributed by atoms with E-state index in [1.165, 1.54) is 5.69 Å². The van der Waals surface area contributed by atoms with Crippen LogP contribution in [0.3, 0.4) is 0 Å². The first-order chi connectivity index (χ1) is 9.85. The maximum atomic E-state index is 4.29. The number of aryl methyl sites for hydroxylation is 4. The van der Waals surface area contributed by atoms with Crippen molar-refractivity contribution in [2.75, 3.05) is 0 Å². The summed E-state index contributed by atoms with van der Waals surface area (Å²) < 4.78 is 0. The van der Waals surface area contributed by atoms with Crippen molar-refractivity contribution in [2.24, 2.45) is 0 Å². The molecular formula is C16H23I3N2V-. The number of hydrogen-bond donors (Lipinski definition) is 0. The van der Waals surface area contributed by atoms with Crippen LogP contribution >= 0.6 is 59.9 Å². The number of hydrogen-bond acceptors (Lipinski definition) is 2. The van der Waals surface area contributed by atoms with Crippen molar-refractivity contribution in [1.82, 2.24) is 9.97 Å². The van der Waals surface area contributed by atoms with Crippen LogP contribution in [0.25, 0.3) is 0 Å². The third kappa shape index (κ3) is 16.0. The molecule has 0 saturated heterocycles. The molecule has 0 amide bonds. The Morgan fingerprint density at radius 3 is 1.41 bits per heavy atom. The molecule has 124 valence electrons. The Bertz CT molecular complexity index is 502. The molecule has 0 unspecified atom stereocenters. The monoisotopic (exact) mass is 675 g/mol. The zero-order valence-electron chi connectivity index (χ0n) is 13.6. The van der Waals surface area contributed by atoms with Crippen LogP contribution in [0, 0.1) is 28.2 Å². The SMILES string of the molecule is CCc1cccc(C)n1.Cc1cccc(C)n1.[CH3-].[I][V]([I])[I]. The number of rotatable bonds is 1. The minimum absolute atomic E-state index is 0. The van der Waals surface area contributed by atoms with E-state index >= 15 is 0 Å². The average Bonchev–Trinajstić information content (AvgIpc) is 2.38. The first-order valence-electron chi connectivity index (χ1n) is 6.45. The summed E-state index contributed by atoms with van der Waals surface area (Å²) in [7, 11) is 0. The van der Waals surface area contributed by atoms with Gasteiger partial charge in [-0.15, -0.1) is 0 Å². The molecule has 0 aliphatic carbocycles. The Labute approximate surface area is 173 Å². The summed E-state index contributed by atoms with van der Waals surface area (Å²) in [5.41, 5.74) is 4.46. The van der Waals surface area contributed by atoms with Crippen molar-refractivity contribution < 1.29 is 4.92 Å². The first-order valence-corrected chi connectivity index (χ1v) is 20.0. The summed E-state index contributed by atoms with van der Waals surface area (Å²) in [6.45, 7) is 8.11. The number of pyridine rings is 2. The van der Waals surface area contributed by atoms with Gasteiger partial charge in [-0.3, -0.25) is 9.97 Å². The average molecular weight is 675 g/mol. The summed E-state index contributed by atoms with van der Waals surface area (Å²) in [5.74, 6) is 0. The van der Waals surface area contributed by atoms with E-state index in [9.17, 15) is 0 Å². The summed E-state index contributed by atoms with van der Waals surface area (Å²) >= 11 is 7.39. The summed E-state index contributed by atoms with van der Waals surface area (Å²) in [4.78, 5) is 8.19. The molecule has 0 atom stereocenters. The van der Waals surface area contributed by atoms with Crippen LogP contribution in [0.15, 0.2) is 36.4 Å². The maximum absolute atomic E-state index is 4.29. The molecule has 2 nitrogen and oxygen atoms in total. The molecule has 2 heterocycles. The van der Waals surface area contributed by atoms with E-state index in [2.05, 4.69) is 76.8 Å². The normalized spacial score (nSPS) is 8.91. The molecule has 6 heteroatoms. The summed E-state index contributed by atoms with van der Waals surface area (Å²) in [6, 6.07) is 12.1. The van der Waals surface area contributed by atoms with Crippen molar-refractivity contribution in [3.63, 3.8) is 0 Å². The second-order valence-corrected chi connectivity index (χ2v) is 39.6. The Kier molecular flexibility index (Phi) is 17.9. The number of aromatic nitrogens is 2. The van der Waals surface area contributed by atoms with E-state index in [0.29, 0.717) is 0 Å². The van der Waals surface area contributed by atoms with Crippen LogP contribution in [0.4, 0.5) is 0 Å². The van der Waals surface area contributed by atoms with Crippen LogP contribution in [0.5, 0.6) is 0 Å². The molecule has 0 radical (unpaired) electrons. The summed E-state index contributed by atoms with van der Waals surface area (Å²) in [5, 5.41) is 0. The van der Waals surface area contributed by atoms with Gasteiger partial charge >= 0.3 is 64.9 Å². The van der Waals surface area contributed by atoms with Crippen molar-refractivity contribution in [2.45, 2.75) is 34.1 Å². The van der Waals surface area contributed by atoms with E-state index in [4.69, 9.17) is 0 Å². The van der Waals surface area contributed by atoms with Crippen LogP contribution in [-0.4, -0.2) is 9.97 Å². The van der Waals surface area contributed by atoms with Gasteiger partial charge in [-0.05, 0) is 51.5 Å². The zero-order valence-corrected chi connectivity index (χ0v) is 21.5. The van der Waals surface area contributed by atoms with Crippen molar-refractivity contribution >= 4 is 59.9 Å². The fourth-order valence-corrected chi connectivity index (χ4v) is 1.48. The van der Waals surface area contributed by atoms with E-state index in [0.717, 1.165) is 23.5 Å². The van der Waals surface area contributed by atoms with Gasteiger partial charge in [0.05, 0.1) is 0 Å². The quantitative estimate of drug-likeness (QED) is 0.247. The predicted octanol–water partition coefficient (Wildman–Crippen LogP) is 6.76. The van der Waals surface area contributed by atoms with Crippen molar-refractivity contribution in [3.8, 4) is 0 Å². The Balaban J connectivity index is 0. The molecule has 0 N–H and O–H groups in total. The van der Waals surface area contributed by atoms with Gasteiger partial charge in [-0.25, -0.2) is 0 Å². The minimum atomic E-state index is -0.278. The fourth-order valence-electron chi connectivity index (χ4n) is 1.48. The van der Waals surface area contributed by atoms with Crippen molar-refractivity contribution in [3.05, 3.63) is 66.6 Å². The molecule has 0 bridgehead atoms. The molecule has 22 heavy (non-hydrogen) atoms. The van der Waals surface area contributed by atoms with Crippen molar-refractivity contribution in [1.29, 1.82) is 0 Å². The number of nitrogens with zero attached hydrogens (tertiary/aromatic N) is 2. The first kappa shape index (κ1) is 25.3. The van der Waals surface area contributed by atoms with Crippen LogP contribution in [0.1, 0.15) is 29.7 Å². The second kappa shape index (κ2) is 15.6. The van der Waals surface area contributed by atoms with Gasteiger partial charge in [-0.1, -0.05) is 19.1 Å². The topological polar surface area (TPSA) is 25.8 Å². The molecule has 0 aliphatic rings. The standard InChI is InChI=1S/C8H11N.C7H9N.CH3.3HI.V/c1-3-8-6-4-5-7(2)9-8;1-6-4-3-5-7(2)8-6;;;;;/h4-6H,3H2,1-2H3;3-5H,1-2H3;1H3;3*1H;/q;;-1;;;;+3/p-3. The van der Waals surface area contributed by atoms with E-state index < -0.39 is 0 Å². The molecule has 0 saturated carbocycles. The molecule has 0 spiro atoms. The predicted molar refractivity (Wildman–Crippen MR) is 121 cm³/mol. The zero-order chi connectivity index (χ0) is 16.3. The number of halogens is 3. The fraction of sp³-hybridized carbons (Fsp3) is 0.312. The van der Waals surface area contributed by atoms with Gasteiger partial charge in [0.1, 0.15) is 0 Å². The van der Waals surface area contributed by atoms with Gasteiger partial charge in [-0.2, -0.15) is 0 Å². The summed E-state index contributed by atoms with van der Waals surface area (Å²) in [6.07, 6.45) is 1.03. The molecule has 2 rings (SSSR count). The van der Waals surface area contributed by atoms with Crippen LogP contribution < -0.4 is 0 Å². The molecule has 0 fully saturated rings. The Hall–Kier alpha value is 1.07. The van der Waals surface area contributed by atoms with Crippen LogP contribution in [-0.2, 0) is 11.3 Å². The Morgan fingerprint density at radius 1 is 0.818 bits per heavy atom. The van der Waals surface area contributed by atoms with E-state index in [1.54, 1.807) is 0 Å². The third-order valence-corrected chi connectivity index (χ3v) is 2.34. The molecular weight excluding hydrogens is 652 g/mol. The second-order valence-electron chi connectivity index (χ2n) is 4.24. The van der Waals surface area contributed by atoms with Crippen LogP contribution in [0.2, 0.25) is 0 Å². The van der Waals surface area contributed by atoms with Gasteiger partial charge in [0.2, 0.25) is 0 Å². The van der Waals surface area contributed by atoms with Gasteiger partial charge in [0, 0.05) is 22.8 Å².